The van der Waals surface area contributed by atoms with Gasteiger partial charge in [-0.15, -0.1) is 0 Å². The fourth-order valence-corrected chi connectivity index (χ4v) is 3.34. The van der Waals surface area contributed by atoms with Gasteiger partial charge in [-0.1, -0.05) is 29.8 Å². The Morgan fingerprint density at radius 1 is 1.21 bits per heavy atom. The molecular weight excluding hydrogens is 382 g/mol. The lowest BCUT2D eigenvalue weighted by molar-refractivity contribution is -0.122. The van der Waals surface area contributed by atoms with Crippen molar-refractivity contribution in [1.82, 2.24) is 20.0 Å². The molecule has 0 aliphatic carbocycles. The maximum atomic E-state index is 12.6. The summed E-state index contributed by atoms with van der Waals surface area (Å²) in [6.45, 7) is 4.10. The minimum absolute atomic E-state index is 0.0179. The van der Waals surface area contributed by atoms with Crippen LogP contribution in [-0.2, 0) is 9.53 Å². The molecule has 0 unspecified atom stereocenters. The number of rotatable bonds is 7. The van der Waals surface area contributed by atoms with E-state index in [9.17, 15) is 9.59 Å². The van der Waals surface area contributed by atoms with E-state index in [0.29, 0.717) is 57.3 Å². The molecule has 0 bridgehead atoms. The molecule has 1 saturated heterocycles. The van der Waals surface area contributed by atoms with Crippen molar-refractivity contribution in [2.24, 2.45) is 0 Å². The van der Waals surface area contributed by atoms with Crippen LogP contribution in [0.15, 0.2) is 41.3 Å². The molecule has 8 nitrogen and oxygen atoms in total. The molecule has 2 aromatic rings. The van der Waals surface area contributed by atoms with Crippen LogP contribution in [0.4, 0.5) is 5.69 Å². The number of halogens is 1. The summed E-state index contributed by atoms with van der Waals surface area (Å²) in [6.07, 6.45) is 1.63. The van der Waals surface area contributed by atoms with Gasteiger partial charge in [0.2, 0.25) is 5.91 Å². The molecule has 3 rings (SSSR count). The molecule has 1 aliphatic rings. The normalized spacial score (nSPS) is 14.9. The molecule has 1 N–H and O–H groups in total. The Morgan fingerprint density at radius 2 is 1.93 bits per heavy atom. The summed E-state index contributed by atoms with van der Waals surface area (Å²) >= 11 is 6.37. The van der Waals surface area contributed by atoms with Gasteiger partial charge in [-0.3, -0.25) is 14.5 Å². The minimum atomic E-state index is -0.342. The van der Waals surface area contributed by atoms with Crippen LogP contribution in [0.2, 0.25) is 5.02 Å². The Hall–Kier alpha value is -2.42. The Morgan fingerprint density at radius 3 is 2.61 bits per heavy atom. The molecule has 0 saturated carbocycles. The van der Waals surface area contributed by atoms with Gasteiger partial charge in [0.05, 0.1) is 30.7 Å². The molecular formula is C19H24ClN5O3. The number of piperazine rings is 1. The Labute approximate surface area is 168 Å². The summed E-state index contributed by atoms with van der Waals surface area (Å²) in [5.41, 5.74) is 0.957. The SMILES string of the molecule is COCCNC(=O)CN1CCN(c2cnn(-c3ccccc3)c(=O)c2Cl)CC1. The van der Waals surface area contributed by atoms with Gasteiger partial charge in [0.1, 0.15) is 5.02 Å². The van der Waals surface area contributed by atoms with Crippen molar-refractivity contribution in [3.05, 3.63) is 51.9 Å². The molecule has 0 atom stereocenters. The van der Waals surface area contributed by atoms with E-state index in [1.165, 1.54) is 4.68 Å². The molecule has 2 heterocycles. The largest absolute Gasteiger partial charge is 0.383 e. The second-order valence-corrected chi connectivity index (χ2v) is 6.88. The molecule has 28 heavy (non-hydrogen) atoms. The lowest BCUT2D eigenvalue weighted by Crippen LogP contribution is -2.50. The van der Waals surface area contributed by atoms with Gasteiger partial charge in [0.25, 0.3) is 5.56 Å². The molecule has 150 valence electrons. The first-order chi connectivity index (χ1) is 13.6. The first-order valence-electron chi connectivity index (χ1n) is 9.16. The minimum Gasteiger partial charge on any atom is -0.383 e. The standard InChI is InChI=1S/C19H24ClN5O3/c1-28-12-7-21-17(26)14-23-8-10-24(11-9-23)16-13-22-25(19(27)18(16)20)15-5-3-2-4-6-15/h2-6,13H,7-12,14H2,1H3,(H,21,26). The maximum absolute atomic E-state index is 12.6. The number of amides is 1. The number of carbonyl (C=O) groups excluding carboxylic acids is 1. The van der Waals surface area contributed by atoms with Gasteiger partial charge in [-0.2, -0.15) is 9.78 Å². The lowest BCUT2D eigenvalue weighted by Gasteiger charge is -2.35. The van der Waals surface area contributed by atoms with Crippen molar-refractivity contribution in [3.8, 4) is 5.69 Å². The third-order valence-corrected chi connectivity index (χ3v) is 4.97. The van der Waals surface area contributed by atoms with Gasteiger partial charge < -0.3 is 15.0 Å². The highest BCUT2D eigenvalue weighted by Gasteiger charge is 2.22. The van der Waals surface area contributed by atoms with Gasteiger partial charge in [-0.05, 0) is 12.1 Å². The highest BCUT2D eigenvalue weighted by Crippen LogP contribution is 2.23. The maximum Gasteiger partial charge on any atom is 0.292 e. The van der Waals surface area contributed by atoms with Crippen LogP contribution in [0.3, 0.4) is 0 Å². The van der Waals surface area contributed by atoms with E-state index in [4.69, 9.17) is 16.3 Å². The van der Waals surface area contributed by atoms with Gasteiger partial charge in [0.15, 0.2) is 0 Å². The lowest BCUT2D eigenvalue weighted by atomic mass is 10.2. The van der Waals surface area contributed by atoms with Crippen molar-refractivity contribution in [1.29, 1.82) is 0 Å². The van der Waals surface area contributed by atoms with Crippen LogP contribution in [-0.4, -0.2) is 73.6 Å². The number of aromatic nitrogens is 2. The zero-order valence-electron chi connectivity index (χ0n) is 15.8. The van der Waals surface area contributed by atoms with Crippen LogP contribution in [0.1, 0.15) is 0 Å². The molecule has 0 spiro atoms. The second-order valence-electron chi connectivity index (χ2n) is 6.50. The highest BCUT2D eigenvalue weighted by molar-refractivity contribution is 6.33. The molecule has 1 aliphatic heterocycles. The first kappa shape index (κ1) is 20.3. The predicted molar refractivity (Wildman–Crippen MR) is 108 cm³/mol. The molecule has 1 fully saturated rings. The number of anilines is 1. The Bertz CT molecular complexity index is 850. The zero-order valence-corrected chi connectivity index (χ0v) is 16.6. The first-order valence-corrected chi connectivity index (χ1v) is 9.54. The third-order valence-electron chi connectivity index (χ3n) is 4.61. The molecule has 9 heteroatoms. The zero-order chi connectivity index (χ0) is 19.9. The number of nitrogens with zero attached hydrogens (tertiary/aromatic N) is 4. The Kier molecular flexibility index (Phi) is 7.02. The number of benzene rings is 1. The monoisotopic (exact) mass is 405 g/mol. The predicted octanol–water partition coefficient (Wildman–Crippen LogP) is 0.771. The summed E-state index contributed by atoms with van der Waals surface area (Å²) in [5.74, 6) is -0.0179. The fraction of sp³-hybridized carbons (Fsp3) is 0.421. The van der Waals surface area contributed by atoms with E-state index in [-0.39, 0.29) is 16.5 Å². The van der Waals surface area contributed by atoms with Crippen molar-refractivity contribution in [3.63, 3.8) is 0 Å². The van der Waals surface area contributed by atoms with E-state index in [0.717, 1.165) is 0 Å². The van der Waals surface area contributed by atoms with E-state index < -0.39 is 0 Å². The number of methoxy groups -OCH3 is 1. The number of para-hydroxylation sites is 1. The smallest absolute Gasteiger partial charge is 0.292 e. The van der Waals surface area contributed by atoms with Gasteiger partial charge >= 0.3 is 0 Å². The van der Waals surface area contributed by atoms with Crippen LogP contribution in [0.5, 0.6) is 0 Å². The topological polar surface area (TPSA) is 79.7 Å². The van der Waals surface area contributed by atoms with Gasteiger partial charge in [0, 0.05) is 39.8 Å². The van der Waals surface area contributed by atoms with Crippen LogP contribution >= 0.6 is 11.6 Å². The van der Waals surface area contributed by atoms with Crippen LogP contribution in [0, 0.1) is 0 Å². The summed E-state index contributed by atoms with van der Waals surface area (Å²) in [7, 11) is 1.60. The highest BCUT2D eigenvalue weighted by atomic mass is 35.5. The molecule has 0 radical (unpaired) electrons. The van der Waals surface area contributed by atoms with E-state index in [1.54, 1.807) is 25.4 Å². The summed E-state index contributed by atoms with van der Waals surface area (Å²) < 4.78 is 6.22. The second kappa shape index (κ2) is 9.68. The van der Waals surface area contributed by atoms with Crippen molar-refractivity contribution in [2.45, 2.75) is 0 Å². The quantitative estimate of drug-likeness (QED) is 0.685. The number of carbonyl (C=O) groups is 1. The fourth-order valence-electron chi connectivity index (χ4n) is 3.10. The number of hydrogen-bond acceptors (Lipinski definition) is 6. The van der Waals surface area contributed by atoms with Crippen molar-refractivity contribution < 1.29 is 9.53 Å². The number of nitrogens with one attached hydrogen (secondary N) is 1. The van der Waals surface area contributed by atoms with Crippen LogP contribution < -0.4 is 15.8 Å². The molecule has 1 aromatic carbocycles. The average molecular weight is 406 g/mol. The van der Waals surface area contributed by atoms with Crippen molar-refractivity contribution in [2.75, 3.05) is 57.9 Å². The summed E-state index contributed by atoms with van der Waals surface area (Å²) in [6, 6.07) is 9.18. The van der Waals surface area contributed by atoms with Gasteiger partial charge in [-0.25, -0.2) is 0 Å². The third kappa shape index (κ3) is 4.89. The molecule has 1 aromatic heterocycles. The molecule has 1 amide bonds. The van der Waals surface area contributed by atoms with E-state index in [1.807, 2.05) is 23.1 Å². The van der Waals surface area contributed by atoms with E-state index in [2.05, 4.69) is 15.3 Å². The summed E-state index contributed by atoms with van der Waals surface area (Å²) in [4.78, 5) is 28.7. The van der Waals surface area contributed by atoms with E-state index >= 15 is 0 Å². The summed E-state index contributed by atoms with van der Waals surface area (Å²) in [5, 5.41) is 7.26. The van der Waals surface area contributed by atoms with Crippen LogP contribution in [0.25, 0.3) is 5.69 Å². The Balaban J connectivity index is 1.61. The number of ether oxygens (including phenoxy) is 1. The number of hydrogen-bond donors (Lipinski definition) is 1. The van der Waals surface area contributed by atoms with Crippen molar-refractivity contribution >= 4 is 23.2 Å². The average Bonchev–Trinajstić information content (AvgIpc) is 2.72.